The van der Waals surface area contributed by atoms with Crippen LogP contribution in [-0.4, -0.2) is 37.6 Å². The molecule has 33 heavy (non-hydrogen) atoms. The highest BCUT2D eigenvalue weighted by Crippen LogP contribution is 2.30. The number of hydrogen-bond acceptors (Lipinski definition) is 6. The highest BCUT2D eigenvalue weighted by atomic mass is 16.4. The van der Waals surface area contributed by atoms with Crippen LogP contribution in [0.25, 0.3) is 11.0 Å². The van der Waals surface area contributed by atoms with Gasteiger partial charge in [0.2, 0.25) is 0 Å². The molecule has 1 aromatic carbocycles. The van der Waals surface area contributed by atoms with E-state index in [9.17, 15) is 4.79 Å². The van der Waals surface area contributed by atoms with Gasteiger partial charge >= 0.3 is 0 Å². The summed E-state index contributed by atoms with van der Waals surface area (Å²) in [5.41, 5.74) is 6.31. The SMILES string of the molecule is CCn1ncc2c(NC3CCC(=NO)CC3)c(C(=O)NC(C)c3ccc(C)cc3C)cnc21. The molecular weight excluding hydrogens is 416 g/mol. The summed E-state index contributed by atoms with van der Waals surface area (Å²) in [5, 5.41) is 24.5. The molecule has 3 aromatic rings. The van der Waals surface area contributed by atoms with Crippen molar-refractivity contribution in [2.45, 2.75) is 72.0 Å². The number of amides is 1. The van der Waals surface area contributed by atoms with Crippen molar-refractivity contribution in [3.8, 4) is 0 Å². The number of carbonyl (C=O) groups is 1. The molecule has 1 aliphatic rings. The predicted octanol–water partition coefficient (Wildman–Crippen LogP) is 4.74. The Kier molecular flexibility index (Phi) is 6.62. The molecule has 2 aromatic heterocycles. The molecule has 0 saturated heterocycles. The number of benzene rings is 1. The molecule has 1 unspecified atom stereocenters. The number of anilines is 1. The van der Waals surface area contributed by atoms with E-state index in [4.69, 9.17) is 5.21 Å². The third-order valence-corrected chi connectivity index (χ3v) is 6.50. The van der Waals surface area contributed by atoms with Crippen LogP contribution in [0, 0.1) is 13.8 Å². The number of carbonyl (C=O) groups excluding carboxylic acids is 1. The molecule has 174 valence electrons. The zero-order valence-electron chi connectivity index (χ0n) is 19.7. The zero-order chi connectivity index (χ0) is 23.5. The number of aromatic nitrogens is 3. The second-order valence-electron chi connectivity index (χ2n) is 8.88. The van der Waals surface area contributed by atoms with E-state index in [1.807, 2.05) is 18.5 Å². The number of hydrogen-bond donors (Lipinski definition) is 3. The Morgan fingerprint density at radius 2 is 2.03 bits per heavy atom. The van der Waals surface area contributed by atoms with Crippen LogP contribution >= 0.6 is 0 Å². The molecular formula is C25H32N6O2. The number of pyridine rings is 1. The van der Waals surface area contributed by atoms with Gasteiger partial charge in [0, 0.05) is 18.8 Å². The van der Waals surface area contributed by atoms with Crippen molar-refractivity contribution in [2.75, 3.05) is 5.32 Å². The summed E-state index contributed by atoms with van der Waals surface area (Å²) in [7, 11) is 0. The van der Waals surface area contributed by atoms with Crippen molar-refractivity contribution >= 4 is 28.3 Å². The first-order chi connectivity index (χ1) is 15.9. The minimum absolute atomic E-state index is 0.141. The monoisotopic (exact) mass is 448 g/mol. The number of fused-ring (bicyclic) bond motifs is 1. The van der Waals surface area contributed by atoms with Gasteiger partial charge in [0.25, 0.3) is 5.91 Å². The Morgan fingerprint density at radius 3 is 2.70 bits per heavy atom. The summed E-state index contributed by atoms with van der Waals surface area (Å²) in [6.45, 7) is 8.85. The quantitative estimate of drug-likeness (QED) is 0.373. The lowest BCUT2D eigenvalue weighted by atomic mass is 9.93. The lowest BCUT2D eigenvalue weighted by Gasteiger charge is -2.26. The number of nitrogens with one attached hydrogen (secondary N) is 2. The molecule has 0 radical (unpaired) electrons. The molecule has 8 nitrogen and oxygen atoms in total. The molecule has 4 rings (SSSR count). The highest BCUT2D eigenvalue weighted by Gasteiger charge is 2.24. The average molecular weight is 449 g/mol. The molecule has 1 amide bonds. The molecule has 1 saturated carbocycles. The highest BCUT2D eigenvalue weighted by molar-refractivity contribution is 6.06. The van der Waals surface area contributed by atoms with E-state index in [1.54, 1.807) is 12.4 Å². The van der Waals surface area contributed by atoms with E-state index in [0.29, 0.717) is 12.1 Å². The fourth-order valence-electron chi connectivity index (χ4n) is 4.65. The molecule has 8 heteroatoms. The van der Waals surface area contributed by atoms with Crippen LogP contribution < -0.4 is 10.6 Å². The Bertz CT molecular complexity index is 1190. The minimum Gasteiger partial charge on any atom is -0.411 e. The van der Waals surface area contributed by atoms with Gasteiger partial charge in [-0.3, -0.25) is 4.79 Å². The van der Waals surface area contributed by atoms with Crippen LogP contribution in [0.4, 0.5) is 5.69 Å². The standard InChI is InChI=1S/C25H32N6O2/c1-5-31-24-21(14-27-31)23(29-18-7-9-19(30-33)10-8-18)22(13-26-24)25(32)28-17(4)20-11-6-15(2)12-16(20)3/h6,11-14,17-18,33H,5,7-10H2,1-4H3,(H,26,29)(H,28,32). The summed E-state index contributed by atoms with van der Waals surface area (Å²) < 4.78 is 1.83. The number of aryl methyl sites for hydroxylation is 3. The Hall–Kier alpha value is -3.42. The van der Waals surface area contributed by atoms with Gasteiger partial charge in [-0.25, -0.2) is 9.67 Å². The van der Waals surface area contributed by atoms with E-state index in [0.717, 1.165) is 59.2 Å². The molecule has 1 atom stereocenters. The Balaban J connectivity index is 1.64. The zero-order valence-corrected chi connectivity index (χ0v) is 19.7. The van der Waals surface area contributed by atoms with Gasteiger partial charge in [-0.2, -0.15) is 5.10 Å². The Labute approximate surface area is 194 Å². The summed E-state index contributed by atoms with van der Waals surface area (Å²) in [6, 6.07) is 6.30. The number of oxime groups is 1. The van der Waals surface area contributed by atoms with Crippen molar-refractivity contribution < 1.29 is 10.0 Å². The third kappa shape index (κ3) is 4.69. The van der Waals surface area contributed by atoms with Gasteiger partial charge in [0.05, 0.1) is 34.6 Å². The van der Waals surface area contributed by atoms with Gasteiger partial charge < -0.3 is 15.8 Å². The van der Waals surface area contributed by atoms with Crippen LogP contribution in [0.3, 0.4) is 0 Å². The largest absolute Gasteiger partial charge is 0.411 e. The molecule has 2 heterocycles. The van der Waals surface area contributed by atoms with E-state index in [-0.39, 0.29) is 18.0 Å². The summed E-state index contributed by atoms with van der Waals surface area (Å²) in [5.74, 6) is -0.169. The van der Waals surface area contributed by atoms with E-state index in [1.165, 1.54) is 5.56 Å². The molecule has 0 aliphatic heterocycles. The van der Waals surface area contributed by atoms with Gasteiger partial charge in [-0.1, -0.05) is 28.9 Å². The molecule has 0 spiro atoms. The first-order valence-corrected chi connectivity index (χ1v) is 11.6. The van der Waals surface area contributed by atoms with E-state index >= 15 is 0 Å². The lowest BCUT2D eigenvalue weighted by Crippen LogP contribution is -2.30. The first kappa shape index (κ1) is 22.8. The maximum absolute atomic E-state index is 13.4. The fourth-order valence-corrected chi connectivity index (χ4v) is 4.65. The molecule has 0 bridgehead atoms. The first-order valence-electron chi connectivity index (χ1n) is 11.6. The second-order valence-corrected chi connectivity index (χ2v) is 8.88. The maximum atomic E-state index is 13.4. The fraction of sp³-hybridized carbons (Fsp3) is 0.440. The van der Waals surface area contributed by atoms with Gasteiger partial charge in [0.15, 0.2) is 5.65 Å². The second kappa shape index (κ2) is 9.60. The average Bonchev–Trinajstić information content (AvgIpc) is 3.23. The molecule has 1 aliphatic carbocycles. The van der Waals surface area contributed by atoms with E-state index in [2.05, 4.69) is 57.9 Å². The number of nitrogens with zero attached hydrogens (tertiary/aromatic N) is 4. The van der Waals surface area contributed by atoms with Crippen molar-refractivity contribution in [3.05, 3.63) is 52.8 Å². The van der Waals surface area contributed by atoms with E-state index < -0.39 is 0 Å². The summed E-state index contributed by atoms with van der Waals surface area (Å²) in [6.07, 6.45) is 6.58. The van der Waals surface area contributed by atoms with Gasteiger partial charge in [0.1, 0.15) is 0 Å². The van der Waals surface area contributed by atoms with Crippen molar-refractivity contribution in [1.82, 2.24) is 20.1 Å². The topological polar surface area (TPSA) is 104 Å². The Morgan fingerprint density at radius 1 is 1.27 bits per heavy atom. The van der Waals surface area contributed by atoms with Crippen LogP contribution in [0.1, 0.15) is 72.6 Å². The van der Waals surface area contributed by atoms with Crippen LogP contribution in [0.15, 0.2) is 35.7 Å². The van der Waals surface area contributed by atoms with Crippen molar-refractivity contribution in [2.24, 2.45) is 5.16 Å². The minimum atomic E-state index is -0.169. The molecule has 3 N–H and O–H groups in total. The molecule has 1 fully saturated rings. The van der Waals surface area contributed by atoms with Crippen molar-refractivity contribution in [3.63, 3.8) is 0 Å². The smallest absolute Gasteiger partial charge is 0.255 e. The predicted molar refractivity (Wildman–Crippen MR) is 130 cm³/mol. The van der Waals surface area contributed by atoms with Crippen LogP contribution in [-0.2, 0) is 6.54 Å². The number of rotatable bonds is 6. The maximum Gasteiger partial charge on any atom is 0.255 e. The van der Waals surface area contributed by atoms with Crippen LogP contribution in [0.2, 0.25) is 0 Å². The third-order valence-electron chi connectivity index (χ3n) is 6.50. The lowest BCUT2D eigenvalue weighted by molar-refractivity contribution is 0.0940. The van der Waals surface area contributed by atoms with Gasteiger partial charge in [-0.15, -0.1) is 0 Å². The summed E-state index contributed by atoms with van der Waals surface area (Å²) in [4.78, 5) is 18.0. The normalized spacial score (nSPS) is 17.1. The summed E-state index contributed by atoms with van der Waals surface area (Å²) >= 11 is 0. The van der Waals surface area contributed by atoms with Gasteiger partial charge in [-0.05, 0) is 64.5 Å². The van der Waals surface area contributed by atoms with Crippen molar-refractivity contribution in [1.29, 1.82) is 0 Å². The van der Waals surface area contributed by atoms with Crippen LogP contribution in [0.5, 0.6) is 0 Å².